The molecule has 1 aliphatic heterocycles. The van der Waals surface area contributed by atoms with Gasteiger partial charge in [-0.05, 0) is 30.7 Å². The lowest BCUT2D eigenvalue weighted by atomic mass is 9.72. The first kappa shape index (κ1) is 17.3. The number of nitrogens with zero attached hydrogens (tertiary/aromatic N) is 1. The summed E-state index contributed by atoms with van der Waals surface area (Å²) >= 11 is 1.66. The molecule has 22 heavy (non-hydrogen) atoms. The maximum atomic E-state index is 13.1. The van der Waals surface area contributed by atoms with E-state index in [2.05, 4.69) is 6.07 Å². The molecule has 0 aromatic carbocycles. The van der Waals surface area contributed by atoms with Crippen molar-refractivity contribution in [2.75, 3.05) is 13.1 Å². The molecule has 122 valence electrons. The number of aliphatic carboxylic acids is 1. The largest absolute Gasteiger partial charge is 0.481 e. The summed E-state index contributed by atoms with van der Waals surface area (Å²) in [6, 6.07) is 4.08. The van der Waals surface area contributed by atoms with Crippen LogP contribution in [-0.2, 0) is 15.0 Å². The zero-order chi connectivity index (χ0) is 14.9. The van der Waals surface area contributed by atoms with Gasteiger partial charge in [0.05, 0.1) is 11.3 Å². The summed E-state index contributed by atoms with van der Waals surface area (Å²) in [6.07, 6.45) is 5.75. The van der Waals surface area contributed by atoms with Gasteiger partial charge in [0.2, 0.25) is 5.91 Å². The molecule has 2 aliphatic rings. The summed E-state index contributed by atoms with van der Waals surface area (Å²) in [7, 11) is 0. The molecular weight excluding hydrogens is 322 g/mol. The summed E-state index contributed by atoms with van der Waals surface area (Å²) < 4.78 is 0. The molecule has 6 heteroatoms. The lowest BCUT2D eigenvalue weighted by Crippen LogP contribution is -2.47. The molecule has 1 unspecified atom stereocenters. The van der Waals surface area contributed by atoms with Crippen molar-refractivity contribution in [1.29, 1.82) is 0 Å². The molecule has 1 amide bonds. The van der Waals surface area contributed by atoms with E-state index >= 15 is 0 Å². The fourth-order valence-corrected chi connectivity index (χ4v) is 4.70. The molecule has 0 radical (unpaired) electrons. The van der Waals surface area contributed by atoms with Crippen LogP contribution >= 0.6 is 23.7 Å². The van der Waals surface area contributed by atoms with E-state index in [9.17, 15) is 9.59 Å². The number of likely N-dealkylation sites (tertiary alicyclic amines) is 1. The standard InChI is InChI=1S/C16H21NO3S.ClH/c18-14(19)12-6-9-17(11-12)15(20)16(7-2-1-3-8-16)13-5-4-10-21-13;/h4-5,10,12H,1-3,6-9,11H2,(H,18,19);1H. The van der Waals surface area contributed by atoms with Crippen molar-refractivity contribution in [3.63, 3.8) is 0 Å². The highest BCUT2D eigenvalue weighted by atomic mass is 35.5. The first-order valence-electron chi connectivity index (χ1n) is 7.70. The first-order valence-corrected chi connectivity index (χ1v) is 8.58. The summed E-state index contributed by atoms with van der Waals surface area (Å²) in [5.74, 6) is -1.01. The molecule has 2 fully saturated rings. The van der Waals surface area contributed by atoms with Gasteiger partial charge in [0.25, 0.3) is 0 Å². The maximum Gasteiger partial charge on any atom is 0.308 e. The minimum Gasteiger partial charge on any atom is -0.481 e. The molecule has 1 aromatic rings. The Balaban J connectivity index is 0.00000176. The summed E-state index contributed by atoms with van der Waals surface area (Å²) in [6.45, 7) is 0.963. The van der Waals surface area contributed by atoms with Crippen molar-refractivity contribution in [3.8, 4) is 0 Å². The van der Waals surface area contributed by atoms with Gasteiger partial charge in [-0.15, -0.1) is 23.7 Å². The quantitative estimate of drug-likeness (QED) is 0.916. The fourth-order valence-electron chi connectivity index (χ4n) is 3.72. The van der Waals surface area contributed by atoms with Crippen LogP contribution in [0.2, 0.25) is 0 Å². The van der Waals surface area contributed by atoms with Gasteiger partial charge >= 0.3 is 5.97 Å². The van der Waals surface area contributed by atoms with E-state index in [4.69, 9.17) is 5.11 Å². The molecule has 0 spiro atoms. The Kier molecular flexibility index (Phi) is 5.50. The zero-order valence-corrected chi connectivity index (χ0v) is 14.1. The van der Waals surface area contributed by atoms with Crippen LogP contribution in [-0.4, -0.2) is 35.0 Å². The van der Waals surface area contributed by atoms with Gasteiger partial charge in [-0.1, -0.05) is 25.3 Å². The Morgan fingerprint density at radius 3 is 2.55 bits per heavy atom. The fraction of sp³-hybridized carbons (Fsp3) is 0.625. The van der Waals surface area contributed by atoms with Crippen LogP contribution in [0.15, 0.2) is 17.5 Å². The molecule has 1 saturated heterocycles. The van der Waals surface area contributed by atoms with E-state index in [-0.39, 0.29) is 23.7 Å². The van der Waals surface area contributed by atoms with Gasteiger partial charge in [0.1, 0.15) is 0 Å². The van der Waals surface area contributed by atoms with Crippen molar-refractivity contribution in [2.45, 2.75) is 43.9 Å². The predicted octanol–water partition coefficient (Wildman–Crippen LogP) is 3.30. The molecule has 1 aromatic heterocycles. The van der Waals surface area contributed by atoms with Crippen molar-refractivity contribution in [3.05, 3.63) is 22.4 Å². The second kappa shape index (κ2) is 7.01. The zero-order valence-electron chi connectivity index (χ0n) is 12.5. The SMILES string of the molecule is Cl.O=C(O)C1CCN(C(=O)C2(c3cccs3)CCCCC2)C1. The van der Waals surface area contributed by atoms with Crippen LogP contribution in [0.1, 0.15) is 43.4 Å². The van der Waals surface area contributed by atoms with Gasteiger partial charge in [-0.2, -0.15) is 0 Å². The van der Waals surface area contributed by atoms with E-state index in [1.54, 1.807) is 16.2 Å². The number of rotatable bonds is 3. The van der Waals surface area contributed by atoms with Gasteiger partial charge in [-0.3, -0.25) is 9.59 Å². The maximum absolute atomic E-state index is 13.1. The van der Waals surface area contributed by atoms with Gasteiger partial charge in [0, 0.05) is 18.0 Å². The molecule has 0 bridgehead atoms. The lowest BCUT2D eigenvalue weighted by molar-refractivity contribution is -0.142. The predicted molar refractivity (Wildman–Crippen MR) is 88.7 cm³/mol. The first-order chi connectivity index (χ1) is 10.1. The molecule has 1 N–H and O–H groups in total. The minimum atomic E-state index is -0.779. The summed E-state index contributed by atoms with van der Waals surface area (Å²) in [5, 5.41) is 11.2. The van der Waals surface area contributed by atoms with Crippen molar-refractivity contribution in [1.82, 2.24) is 4.90 Å². The average molecular weight is 344 g/mol. The Bertz CT molecular complexity index is 526. The Hall–Kier alpha value is -1.07. The topological polar surface area (TPSA) is 57.6 Å². The van der Waals surface area contributed by atoms with Crippen LogP contribution in [0, 0.1) is 5.92 Å². The average Bonchev–Trinajstić information content (AvgIpc) is 3.18. The smallest absolute Gasteiger partial charge is 0.308 e. The molecule has 1 atom stereocenters. The monoisotopic (exact) mass is 343 g/mol. The minimum absolute atomic E-state index is 0. The number of thiophene rings is 1. The van der Waals surface area contributed by atoms with Crippen molar-refractivity contribution in [2.24, 2.45) is 5.92 Å². The highest BCUT2D eigenvalue weighted by molar-refractivity contribution is 7.10. The third-order valence-corrected chi connectivity index (χ3v) is 6.01. The number of hydrogen-bond acceptors (Lipinski definition) is 3. The number of carboxylic acid groups (broad SMARTS) is 1. The number of halogens is 1. The second-order valence-electron chi connectivity index (χ2n) is 6.20. The Morgan fingerprint density at radius 2 is 2.00 bits per heavy atom. The van der Waals surface area contributed by atoms with Crippen molar-refractivity contribution >= 4 is 35.6 Å². The summed E-state index contributed by atoms with van der Waals surface area (Å²) in [4.78, 5) is 27.2. The van der Waals surface area contributed by atoms with Crippen LogP contribution in [0.25, 0.3) is 0 Å². The second-order valence-corrected chi connectivity index (χ2v) is 7.14. The number of amides is 1. The highest BCUT2D eigenvalue weighted by Crippen LogP contribution is 2.43. The van der Waals surface area contributed by atoms with E-state index < -0.39 is 11.9 Å². The number of carbonyl (C=O) groups is 2. The van der Waals surface area contributed by atoms with Crippen LogP contribution in [0.3, 0.4) is 0 Å². The van der Waals surface area contributed by atoms with Gasteiger partial charge < -0.3 is 10.0 Å². The molecule has 1 aliphatic carbocycles. The molecule has 4 nitrogen and oxygen atoms in total. The molecular formula is C16H22ClNO3S. The molecule has 2 heterocycles. The Labute approximate surface area is 140 Å². The molecule has 3 rings (SSSR count). The van der Waals surface area contributed by atoms with E-state index in [1.807, 2.05) is 11.4 Å². The van der Waals surface area contributed by atoms with E-state index in [0.717, 1.165) is 30.6 Å². The molecule has 1 saturated carbocycles. The Morgan fingerprint density at radius 1 is 1.27 bits per heavy atom. The third-order valence-electron chi connectivity index (χ3n) is 4.93. The van der Waals surface area contributed by atoms with Crippen LogP contribution in [0.5, 0.6) is 0 Å². The van der Waals surface area contributed by atoms with Crippen LogP contribution < -0.4 is 0 Å². The van der Waals surface area contributed by atoms with E-state index in [1.165, 1.54) is 6.42 Å². The highest BCUT2D eigenvalue weighted by Gasteiger charge is 2.46. The van der Waals surface area contributed by atoms with Crippen LogP contribution in [0.4, 0.5) is 0 Å². The summed E-state index contributed by atoms with van der Waals surface area (Å²) in [5.41, 5.74) is -0.389. The number of carboxylic acids is 1. The van der Waals surface area contributed by atoms with Crippen molar-refractivity contribution < 1.29 is 14.7 Å². The number of carbonyl (C=O) groups excluding carboxylic acids is 1. The van der Waals surface area contributed by atoms with Gasteiger partial charge in [-0.25, -0.2) is 0 Å². The normalized spacial score (nSPS) is 23.8. The lowest BCUT2D eigenvalue weighted by Gasteiger charge is -2.38. The van der Waals surface area contributed by atoms with Gasteiger partial charge in [0.15, 0.2) is 0 Å². The number of hydrogen-bond donors (Lipinski definition) is 1. The van der Waals surface area contributed by atoms with E-state index in [0.29, 0.717) is 19.5 Å². The third kappa shape index (κ3) is 3.01.